The Bertz CT molecular complexity index is 659. The Labute approximate surface area is 120 Å². The first-order valence-corrected chi connectivity index (χ1v) is 6.09. The lowest BCUT2D eigenvalue weighted by Gasteiger charge is -2.14. The van der Waals surface area contributed by atoms with E-state index in [-0.39, 0.29) is 11.3 Å². The van der Waals surface area contributed by atoms with Gasteiger partial charge in [0.05, 0.1) is 27.6 Å². The fourth-order valence-corrected chi connectivity index (χ4v) is 1.93. The van der Waals surface area contributed by atoms with Gasteiger partial charge in [0, 0.05) is 0 Å². The van der Waals surface area contributed by atoms with Gasteiger partial charge >= 0.3 is 5.97 Å². The van der Waals surface area contributed by atoms with Gasteiger partial charge in [0.15, 0.2) is 0 Å². The zero-order chi connectivity index (χ0) is 14.5. The molecule has 102 valence electrons. The van der Waals surface area contributed by atoms with Crippen LogP contribution in [0.25, 0.3) is 0 Å². The van der Waals surface area contributed by atoms with Crippen LogP contribution in [0, 0.1) is 0 Å². The Hall–Kier alpha value is -2.53. The number of para-hydroxylation sites is 2. The van der Waals surface area contributed by atoms with Crippen molar-refractivity contribution in [2.75, 3.05) is 10.6 Å². The molecule has 0 saturated carbocycles. The average Bonchev–Trinajstić information content (AvgIpc) is 2.43. The zero-order valence-corrected chi connectivity index (χ0v) is 11.0. The number of aromatic carboxylic acids is 1. The minimum Gasteiger partial charge on any atom is -0.478 e. The number of carbonyl (C=O) groups excluding carboxylic acids is 1. The molecule has 2 aromatic carbocycles. The quantitative estimate of drug-likeness (QED) is 0.738. The average molecular weight is 291 g/mol. The maximum Gasteiger partial charge on any atom is 0.337 e. The number of anilines is 3. The second-order valence-corrected chi connectivity index (χ2v) is 4.31. The van der Waals surface area contributed by atoms with E-state index in [0.717, 1.165) is 0 Å². The molecule has 0 radical (unpaired) electrons. The lowest BCUT2D eigenvalue weighted by atomic mass is 10.1. The van der Waals surface area contributed by atoms with Crippen molar-refractivity contribution < 1.29 is 14.7 Å². The summed E-state index contributed by atoms with van der Waals surface area (Å²) in [7, 11) is 0. The van der Waals surface area contributed by atoms with E-state index in [1.807, 2.05) is 0 Å². The van der Waals surface area contributed by atoms with Crippen LogP contribution in [0.2, 0.25) is 5.02 Å². The van der Waals surface area contributed by atoms with E-state index in [1.165, 1.54) is 6.07 Å². The molecule has 0 aliphatic heterocycles. The van der Waals surface area contributed by atoms with Gasteiger partial charge < -0.3 is 15.7 Å². The second-order valence-electron chi connectivity index (χ2n) is 3.90. The van der Waals surface area contributed by atoms with E-state index < -0.39 is 5.97 Å². The van der Waals surface area contributed by atoms with Crippen LogP contribution in [0.15, 0.2) is 42.5 Å². The summed E-state index contributed by atoms with van der Waals surface area (Å²) in [5, 5.41) is 15.1. The molecule has 0 bridgehead atoms. The molecule has 0 aromatic heterocycles. The molecule has 0 atom stereocenters. The number of nitrogens with one attached hydrogen (secondary N) is 2. The van der Waals surface area contributed by atoms with E-state index in [4.69, 9.17) is 11.6 Å². The Morgan fingerprint density at radius 3 is 2.45 bits per heavy atom. The summed E-state index contributed by atoms with van der Waals surface area (Å²) < 4.78 is 0. The van der Waals surface area contributed by atoms with E-state index in [1.54, 1.807) is 36.4 Å². The fourth-order valence-electron chi connectivity index (χ4n) is 1.75. The normalized spacial score (nSPS) is 9.85. The van der Waals surface area contributed by atoms with Crippen molar-refractivity contribution in [1.82, 2.24) is 0 Å². The molecule has 0 aliphatic carbocycles. The van der Waals surface area contributed by atoms with Gasteiger partial charge in [-0.25, -0.2) is 4.79 Å². The summed E-state index contributed by atoms with van der Waals surface area (Å²) in [5.74, 6) is -1.10. The summed E-state index contributed by atoms with van der Waals surface area (Å²) in [6.07, 6.45) is 0.485. The second kappa shape index (κ2) is 6.08. The number of benzene rings is 2. The minimum atomic E-state index is -1.10. The van der Waals surface area contributed by atoms with Crippen molar-refractivity contribution in [1.29, 1.82) is 0 Å². The summed E-state index contributed by atoms with van der Waals surface area (Å²) in [6.45, 7) is 0. The Morgan fingerprint density at radius 1 is 1.10 bits per heavy atom. The zero-order valence-electron chi connectivity index (χ0n) is 10.3. The molecule has 0 unspecified atom stereocenters. The largest absolute Gasteiger partial charge is 0.478 e. The molecule has 5 nitrogen and oxygen atoms in total. The monoisotopic (exact) mass is 290 g/mol. The highest BCUT2D eigenvalue weighted by Crippen LogP contribution is 2.32. The molecule has 20 heavy (non-hydrogen) atoms. The minimum absolute atomic E-state index is 0.0387. The summed E-state index contributed by atoms with van der Waals surface area (Å²) in [5.41, 5.74) is 1.23. The van der Waals surface area contributed by atoms with Crippen LogP contribution in [-0.2, 0) is 4.79 Å². The molecule has 6 heteroatoms. The summed E-state index contributed by atoms with van der Waals surface area (Å²) in [4.78, 5) is 21.9. The van der Waals surface area contributed by atoms with Gasteiger partial charge in [-0.1, -0.05) is 29.8 Å². The number of hydrogen-bond donors (Lipinski definition) is 3. The van der Waals surface area contributed by atoms with Gasteiger partial charge in [-0.3, -0.25) is 4.79 Å². The number of amides is 1. The van der Waals surface area contributed by atoms with Gasteiger partial charge in [0.25, 0.3) is 0 Å². The molecule has 0 fully saturated rings. The van der Waals surface area contributed by atoms with Crippen LogP contribution in [0.3, 0.4) is 0 Å². The van der Waals surface area contributed by atoms with E-state index in [0.29, 0.717) is 22.8 Å². The maximum absolute atomic E-state index is 11.3. The van der Waals surface area contributed by atoms with Crippen molar-refractivity contribution in [2.45, 2.75) is 0 Å². The highest BCUT2D eigenvalue weighted by Gasteiger charge is 2.14. The third-order valence-corrected chi connectivity index (χ3v) is 2.97. The van der Waals surface area contributed by atoms with E-state index in [9.17, 15) is 14.7 Å². The molecule has 3 N–H and O–H groups in total. The SMILES string of the molecule is O=CNc1cccc(C(=O)O)c1Nc1ccccc1Cl. The van der Waals surface area contributed by atoms with Crippen LogP contribution < -0.4 is 10.6 Å². The summed E-state index contributed by atoms with van der Waals surface area (Å²) >= 11 is 6.04. The van der Waals surface area contributed by atoms with E-state index >= 15 is 0 Å². The molecular weight excluding hydrogens is 280 g/mol. The first-order chi connectivity index (χ1) is 9.63. The number of carboxylic acids is 1. The van der Waals surface area contributed by atoms with Gasteiger partial charge in [0.1, 0.15) is 0 Å². The van der Waals surface area contributed by atoms with Crippen LogP contribution >= 0.6 is 11.6 Å². The highest BCUT2D eigenvalue weighted by molar-refractivity contribution is 6.33. The lowest BCUT2D eigenvalue weighted by Crippen LogP contribution is -2.07. The predicted octanol–water partition coefficient (Wildman–Crippen LogP) is 3.35. The van der Waals surface area contributed by atoms with Gasteiger partial charge in [-0.15, -0.1) is 0 Å². The molecule has 0 aliphatic rings. The van der Waals surface area contributed by atoms with Crippen LogP contribution in [-0.4, -0.2) is 17.5 Å². The van der Waals surface area contributed by atoms with Gasteiger partial charge in [-0.2, -0.15) is 0 Å². The number of hydrogen-bond acceptors (Lipinski definition) is 3. The number of carboxylic acid groups (broad SMARTS) is 1. The van der Waals surface area contributed by atoms with Gasteiger partial charge in [-0.05, 0) is 24.3 Å². The Balaban J connectivity index is 2.50. The third-order valence-electron chi connectivity index (χ3n) is 2.64. The van der Waals surface area contributed by atoms with Crippen LogP contribution in [0.4, 0.5) is 17.1 Å². The molecule has 2 aromatic rings. The van der Waals surface area contributed by atoms with Gasteiger partial charge in [0.2, 0.25) is 6.41 Å². The number of carbonyl (C=O) groups is 2. The third kappa shape index (κ3) is 2.89. The smallest absolute Gasteiger partial charge is 0.337 e. The highest BCUT2D eigenvalue weighted by atomic mass is 35.5. The number of rotatable bonds is 5. The van der Waals surface area contributed by atoms with Crippen molar-refractivity contribution in [3.8, 4) is 0 Å². The molecule has 0 spiro atoms. The van der Waals surface area contributed by atoms with Crippen molar-refractivity contribution in [3.05, 3.63) is 53.1 Å². The molecule has 1 amide bonds. The first kappa shape index (κ1) is 13.9. The van der Waals surface area contributed by atoms with Crippen LogP contribution in [0.5, 0.6) is 0 Å². The first-order valence-electron chi connectivity index (χ1n) is 5.71. The van der Waals surface area contributed by atoms with Crippen molar-refractivity contribution >= 4 is 41.0 Å². The Morgan fingerprint density at radius 2 is 1.80 bits per heavy atom. The van der Waals surface area contributed by atoms with Crippen LogP contribution in [0.1, 0.15) is 10.4 Å². The standard InChI is InChI=1S/C14H11ClN2O3/c15-10-5-1-2-6-11(10)17-13-9(14(19)20)4-3-7-12(13)16-8-18/h1-8,17H,(H,16,18)(H,19,20). The molecule has 2 rings (SSSR count). The summed E-state index contributed by atoms with van der Waals surface area (Å²) in [6, 6.07) is 11.5. The number of halogens is 1. The lowest BCUT2D eigenvalue weighted by molar-refractivity contribution is -0.105. The topological polar surface area (TPSA) is 78.4 Å². The molecular formula is C14H11ClN2O3. The van der Waals surface area contributed by atoms with Crippen molar-refractivity contribution in [2.24, 2.45) is 0 Å². The molecule has 0 heterocycles. The van der Waals surface area contributed by atoms with E-state index in [2.05, 4.69) is 10.6 Å². The predicted molar refractivity (Wildman–Crippen MR) is 77.8 cm³/mol. The molecule has 0 saturated heterocycles. The fraction of sp³-hybridized carbons (Fsp3) is 0. The maximum atomic E-state index is 11.3. The van der Waals surface area contributed by atoms with Crippen molar-refractivity contribution in [3.63, 3.8) is 0 Å². The Kier molecular flexibility index (Phi) is 4.22.